The quantitative estimate of drug-likeness (QED) is 0.148. The lowest BCUT2D eigenvalue weighted by atomic mass is 9.64. The molecule has 2 atom stereocenters. The van der Waals surface area contributed by atoms with Gasteiger partial charge in [-0.25, -0.2) is 9.13 Å². The third kappa shape index (κ3) is 7.91. The zero-order valence-electron chi connectivity index (χ0n) is 25.3. The van der Waals surface area contributed by atoms with Crippen molar-refractivity contribution in [3.8, 4) is 0 Å². The molecule has 1 fully saturated rings. The number of esters is 1. The van der Waals surface area contributed by atoms with Crippen molar-refractivity contribution in [3.63, 3.8) is 0 Å². The number of amides is 1. The fourth-order valence-electron chi connectivity index (χ4n) is 6.98. The number of carbonyl (C=O) groups is 2. The average Bonchev–Trinajstić information content (AvgIpc) is 3.62. The van der Waals surface area contributed by atoms with Crippen LogP contribution in [-0.2, 0) is 26.3 Å². The summed E-state index contributed by atoms with van der Waals surface area (Å²) in [6.45, 7) is 3.25. The molecule has 2 aromatic carbocycles. The van der Waals surface area contributed by atoms with E-state index in [-0.39, 0.29) is 34.8 Å². The van der Waals surface area contributed by atoms with Gasteiger partial charge in [-0.15, -0.1) is 0 Å². The van der Waals surface area contributed by atoms with Gasteiger partial charge in [-0.3, -0.25) is 9.59 Å². The van der Waals surface area contributed by atoms with Crippen molar-refractivity contribution in [3.05, 3.63) is 90.0 Å². The molecule has 4 rings (SSSR count). The molecule has 0 saturated heterocycles. The Balaban J connectivity index is 0.00000484. The summed E-state index contributed by atoms with van der Waals surface area (Å²) >= 11 is 0. The number of primary amides is 1. The van der Waals surface area contributed by atoms with Gasteiger partial charge in [0.2, 0.25) is 5.91 Å². The van der Waals surface area contributed by atoms with Crippen molar-refractivity contribution in [2.45, 2.75) is 102 Å². The van der Waals surface area contributed by atoms with E-state index in [2.05, 4.69) is 52.7 Å². The largest absolute Gasteiger partial charge is 1.00 e. The monoisotopic (exact) mass is 637 g/mol. The van der Waals surface area contributed by atoms with Gasteiger partial charge in [0.05, 0.1) is 13.7 Å². The predicted octanol–water partition coefficient (Wildman–Crippen LogP) is 3.58. The Bertz CT molecular complexity index is 1210. The van der Waals surface area contributed by atoms with Crippen LogP contribution in [0.15, 0.2) is 73.1 Å². The number of carbonyl (C=O) groups excluding carboxylic acids is 2. The summed E-state index contributed by atoms with van der Waals surface area (Å²) in [5.74, 6) is 1.05. The van der Waals surface area contributed by atoms with Gasteiger partial charge < -0.3 is 27.5 Å². The van der Waals surface area contributed by atoms with Crippen molar-refractivity contribution in [1.82, 2.24) is 4.57 Å². The highest BCUT2D eigenvalue weighted by Crippen LogP contribution is 2.49. The number of nitrogens with zero attached hydrogens (tertiary/aromatic N) is 2. The molecule has 2 unspecified atom stereocenters. The van der Waals surface area contributed by atoms with Crippen LogP contribution < -0.4 is 27.3 Å². The van der Waals surface area contributed by atoms with E-state index in [0.717, 1.165) is 49.8 Å². The van der Waals surface area contributed by atoms with Gasteiger partial charge in [-0.2, -0.15) is 0 Å². The minimum atomic E-state index is -0.838. The molecular weight excluding hydrogens is 590 g/mol. The molecule has 1 heterocycles. The number of aromatic nitrogens is 2. The van der Waals surface area contributed by atoms with Crippen LogP contribution in [0.25, 0.3) is 0 Å². The number of aryl methyl sites for hydroxylation is 1. The number of ether oxygens (including phenoxy) is 1. The Morgan fingerprint density at radius 3 is 1.98 bits per heavy atom. The molecule has 1 aliphatic rings. The van der Waals surface area contributed by atoms with Crippen molar-refractivity contribution in [1.29, 1.82) is 0 Å². The van der Waals surface area contributed by atoms with E-state index in [0.29, 0.717) is 12.5 Å². The second-order valence-electron chi connectivity index (χ2n) is 11.7. The van der Waals surface area contributed by atoms with Crippen LogP contribution in [0.1, 0.15) is 100 Å². The number of methoxy groups -OCH3 is 1. The van der Waals surface area contributed by atoms with E-state index in [9.17, 15) is 9.59 Å². The Morgan fingerprint density at radius 2 is 1.43 bits per heavy atom. The second kappa shape index (κ2) is 16.6. The average molecular weight is 639 g/mol. The summed E-state index contributed by atoms with van der Waals surface area (Å²) < 4.78 is 9.51. The van der Waals surface area contributed by atoms with Crippen LogP contribution in [0.5, 0.6) is 0 Å². The summed E-state index contributed by atoms with van der Waals surface area (Å²) in [6.07, 6.45) is 17.3. The summed E-state index contributed by atoms with van der Waals surface area (Å²) in [6, 6.07) is 20.6. The first-order valence-electron chi connectivity index (χ1n) is 15.5. The number of unbranched alkanes of at least 4 members (excludes halogenated alkanes) is 7. The predicted molar refractivity (Wildman–Crippen MR) is 162 cm³/mol. The lowest BCUT2D eigenvalue weighted by Crippen LogP contribution is -3.00. The van der Waals surface area contributed by atoms with E-state index in [1.807, 2.05) is 36.4 Å². The third-order valence-electron chi connectivity index (χ3n) is 9.21. The number of hydrogen-bond donors (Lipinski definition) is 1. The van der Waals surface area contributed by atoms with Gasteiger partial charge in [0, 0.05) is 13.3 Å². The molecule has 0 spiro atoms. The smallest absolute Gasteiger partial charge is 0.305 e. The number of halogens is 1. The summed E-state index contributed by atoms with van der Waals surface area (Å²) in [5.41, 5.74) is 7.45. The van der Waals surface area contributed by atoms with Crippen LogP contribution in [0.2, 0.25) is 0 Å². The van der Waals surface area contributed by atoms with Crippen molar-refractivity contribution in [2.75, 3.05) is 7.11 Å². The molecule has 1 aromatic heterocycles. The summed E-state index contributed by atoms with van der Waals surface area (Å²) in [4.78, 5) is 24.6. The first-order valence-corrected chi connectivity index (χ1v) is 15.5. The fraction of sp³-hybridized carbons (Fsp3) is 0.514. The zero-order valence-corrected chi connectivity index (χ0v) is 26.9. The van der Waals surface area contributed by atoms with Crippen molar-refractivity contribution in [2.24, 2.45) is 11.7 Å². The molecule has 0 aliphatic heterocycles. The van der Waals surface area contributed by atoms with Crippen molar-refractivity contribution < 1.29 is 35.9 Å². The minimum absolute atomic E-state index is 0. The first-order chi connectivity index (χ1) is 20.0. The fourth-order valence-corrected chi connectivity index (χ4v) is 6.98. The molecule has 1 amide bonds. The molecule has 0 radical (unpaired) electrons. The van der Waals surface area contributed by atoms with E-state index in [1.54, 1.807) is 0 Å². The van der Waals surface area contributed by atoms with Gasteiger partial charge in [0.1, 0.15) is 23.9 Å². The molecule has 6 nitrogen and oxygen atoms in total. The van der Waals surface area contributed by atoms with Gasteiger partial charge in [-0.05, 0) is 55.6 Å². The van der Waals surface area contributed by atoms with Crippen LogP contribution >= 0.6 is 0 Å². The number of benzene rings is 2. The third-order valence-corrected chi connectivity index (χ3v) is 9.21. The van der Waals surface area contributed by atoms with Crippen LogP contribution in [0.4, 0.5) is 0 Å². The molecule has 228 valence electrons. The maximum absolute atomic E-state index is 13.4. The Morgan fingerprint density at radius 1 is 0.881 bits per heavy atom. The maximum atomic E-state index is 13.4. The number of hydrogen-bond acceptors (Lipinski definition) is 3. The zero-order chi connectivity index (χ0) is 29.1. The first kappa shape index (κ1) is 33.6. The lowest BCUT2D eigenvalue weighted by molar-refractivity contribution is -0.703. The van der Waals surface area contributed by atoms with E-state index >= 15 is 0 Å². The molecule has 3 aromatic rings. The highest BCUT2D eigenvalue weighted by Gasteiger charge is 2.51. The van der Waals surface area contributed by atoms with E-state index in [1.165, 1.54) is 51.5 Å². The standard InChI is InChI=1S/C35H47N3O3.BrH/c1-28-37(24-16-8-6-4-3-5-7-15-21-33(39)41-2)25-26-38(28)32-23-22-31(27-32)35(34(36)40,29-17-11-9-12-18-29)30-19-13-10-14-20-30;/h9-14,17-20,25-26,31-32H,3-8,15-16,21-24,27H2,1-2H3,(H-,36,40);1H. The molecule has 0 bridgehead atoms. The SMILES string of the molecule is COC(=O)CCCCCCCCCC[n+]1ccn(C2CCC(C(C(N)=O)(c3ccccc3)c3ccccc3)C2)c1C.[Br-]. The van der Waals surface area contributed by atoms with E-state index < -0.39 is 5.41 Å². The maximum Gasteiger partial charge on any atom is 0.305 e. The van der Waals surface area contributed by atoms with Gasteiger partial charge in [0.25, 0.3) is 5.82 Å². The molecule has 1 aliphatic carbocycles. The van der Waals surface area contributed by atoms with Gasteiger partial charge in [-0.1, -0.05) is 92.8 Å². The topological polar surface area (TPSA) is 78.2 Å². The number of imidazole rings is 1. The molecule has 42 heavy (non-hydrogen) atoms. The summed E-state index contributed by atoms with van der Waals surface area (Å²) in [7, 11) is 1.45. The highest BCUT2D eigenvalue weighted by molar-refractivity contribution is 5.91. The van der Waals surface area contributed by atoms with Gasteiger partial charge >= 0.3 is 5.97 Å². The Hall–Kier alpha value is -2.93. The number of rotatable bonds is 16. The van der Waals surface area contributed by atoms with Crippen molar-refractivity contribution >= 4 is 11.9 Å². The van der Waals surface area contributed by atoms with Crippen LogP contribution in [0, 0.1) is 12.8 Å². The highest BCUT2D eigenvalue weighted by atomic mass is 79.9. The second-order valence-corrected chi connectivity index (χ2v) is 11.7. The Kier molecular flexibility index (Phi) is 13.3. The Labute approximate surface area is 262 Å². The molecule has 7 heteroatoms. The lowest BCUT2D eigenvalue weighted by Gasteiger charge is -2.37. The molecule has 2 N–H and O–H groups in total. The van der Waals surface area contributed by atoms with E-state index in [4.69, 9.17) is 10.5 Å². The molecule has 1 saturated carbocycles. The van der Waals surface area contributed by atoms with Gasteiger partial charge in [0.15, 0.2) is 0 Å². The van der Waals surface area contributed by atoms with Crippen LogP contribution in [0.3, 0.4) is 0 Å². The summed E-state index contributed by atoms with van der Waals surface area (Å²) in [5, 5.41) is 0. The molecular formula is C35H48BrN3O3. The minimum Gasteiger partial charge on any atom is -1.00 e. The normalized spacial score (nSPS) is 16.6. The van der Waals surface area contributed by atoms with Crippen LogP contribution in [-0.4, -0.2) is 23.6 Å². The number of nitrogens with two attached hydrogens (primary N) is 1.